The van der Waals surface area contributed by atoms with E-state index in [9.17, 15) is 0 Å². The van der Waals surface area contributed by atoms with Crippen molar-refractivity contribution >= 4 is 27.5 Å². The first-order valence-corrected chi connectivity index (χ1v) is 21.8. The molecular formula is C60H39N5. The highest BCUT2D eigenvalue weighted by Gasteiger charge is 2.18. The Morgan fingerprint density at radius 3 is 1.20 bits per heavy atom. The van der Waals surface area contributed by atoms with E-state index >= 15 is 0 Å². The second kappa shape index (κ2) is 16.2. The molecule has 0 fully saturated rings. The smallest absolute Gasteiger partial charge is 0.145 e. The predicted octanol–water partition coefficient (Wildman–Crippen LogP) is 15.2. The molecule has 5 nitrogen and oxygen atoms in total. The third-order valence-corrected chi connectivity index (χ3v) is 12.5. The molecule has 5 heterocycles. The second-order valence-corrected chi connectivity index (χ2v) is 16.3. The molecule has 0 saturated carbocycles. The fraction of sp³-hybridized carbons (Fsp3) is 0. The quantitative estimate of drug-likeness (QED) is 0.143. The van der Waals surface area contributed by atoms with Crippen molar-refractivity contribution in [3.8, 4) is 89.3 Å². The number of pyridine rings is 4. The number of fused-ring (bicyclic) bond motifs is 6. The van der Waals surface area contributed by atoms with Crippen LogP contribution in [0.5, 0.6) is 0 Å². The summed E-state index contributed by atoms with van der Waals surface area (Å²) < 4.78 is 2.14. The standard InChI is InChI=1S/C60H39N5/c1-4-15-51(48(12-1)40-21-25-42(26-22-40)56-18-7-9-31-61-56)45-36-46(52-16-5-2-13-49(52)41-23-27-43(28-24-41)57-19-8-10-32-62-57)38-47(37-45)53-17-6-3-14-50(53)44-29-30-54-55(39-44)60-64-34-35-65(60)58-20-11-33-63-59(54)58/h1-39H. The van der Waals surface area contributed by atoms with Gasteiger partial charge < -0.3 is 0 Å². The number of hydrogen-bond donors (Lipinski definition) is 0. The van der Waals surface area contributed by atoms with E-state index in [1.165, 1.54) is 0 Å². The van der Waals surface area contributed by atoms with Crippen molar-refractivity contribution in [2.75, 3.05) is 0 Å². The summed E-state index contributed by atoms with van der Waals surface area (Å²) in [4.78, 5) is 18.9. The van der Waals surface area contributed by atoms with Gasteiger partial charge in [-0.3, -0.25) is 19.4 Å². The van der Waals surface area contributed by atoms with E-state index in [2.05, 4.69) is 190 Å². The van der Waals surface area contributed by atoms with Crippen LogP contribution < -0.4 is 0 Å². The van der Waals surface area contributed by atoms with Crippen LogP contribution in [0, 0.1) is 0 Å². The van der Waals surface area contributed by atoms with Gasteiger partial charge >= 0.3 is 0 Å². The molecule has 12 rings (SSSR count). The molecular weight excluding hydrogens is 791 g/mol. The zero-order chi connectivity index (χ0) is 43.1. The molecule has 0 amide bonds. The van der Waals surface area contributed by atoms with Gasteiger partial charge in [-0.15, -0.1) is 0 Å². The van der Waals surface area contributed by atoms with Crippen molar-refractivity contribution in [3.63, 3.8) is 0 Å². The summed E-state index contributed by atoms with van der Waals surface area (Å²) in [6.45, 7) is 0. The highest BCUT2D eigenvalue weighted by molar-refractivity contribution is 6.11. The number of benzene rings is 7. The van der Waals surface area contributed by atoms with E-state index in [4.69, 9.17) is 9.97 Å². The maximum absolute atomic E-state index is 4.84. The van der Waals surface area contributed by atoms with Gasteiger partial charge in [-0.2, -0.15) is 0 Å². The minimum absolute atomic E-state index is 0.915. The van der Waals surface area contributed by atoms with Crippen LogP contribution in [-0.4, -0.2) is 24.3 Å². The minimum atomic E-state index is 0.915. The van der Waals surface area contributed by atoms with Gasteiger partial charge in [-0.05, 0) is 127 Å². The zero-order valence-corrected chi connectivity index (χ0v) is 35.3. The molecule has 0 aliphatic rings. The molecule has 0 unspecified atom stereocenters. The fourth-order valence-electron chi connectivity index (χ4n) is 9.36. The summed E-state index contributed by atoms with van der Waals surface area (Å²) in [6.07, 6.45) is 9.44. The molecule has 0 radical (unpaired) electrons. The maximum atomic E-state index is 4.84. The summed E-state index contributed by atoms with van der Waals surface area (Å²) >= 11 is 0. The Morgan fingerprint density at radius 1 is 0.277 bits per heavy atom. The van der Waals surface area contributed by atoms with Crippen LogP contribution in [0.1, 0.15) is 0 Å². The highest BCUT2D eigenvalue weighted by atomic mass is 15.0. The number of aromatic nitrogens is 5. The number of nitrogens with zero attached hydrogens (tertiary/aromatic N) is 5. The Labute approximate surface area is 376 Å². The number of imidazole rings is 1. The average Bonchev–Trinajstić information content (AvgIpc) is 3.90. The normalized spacial score (nSPS) is 11.4. The monoisotopic (exact) mass is 829 g/mol. The Morgan fingerprint density at radius 2 is 0.708 bits per heavy atom. The first-order chi connectivity index (χ1) is 32.2. The Bertz CT molecular complexity index is 3540. The van der Waals surface area contributed by atoms with E-state index in [-0.39, 0.29) is 0 Å². The molecule has 5 aromatic heterocycles. The van der Waals surface area contributed by atoms with Crippen molar-refractivity contribution < 1.29 is 0 Å². The van der Waals surface area contributed by atoms with Crippen LogP contribution in [0.2, 0.25) is 0 Å². The third kappa shape index (κ3) is 6.93. The van der Waals surface area contributed by atoms with Crippen LogP contribution in [0.15, 0.2) is 237 Å². The summed E-state index contributed by atoms with van der Waals surface area (Å²) in [7, 11) is 0. The largest absolute Gasteiger partial charge is 0.298 e. The van der Waals surface area contributed by atoms with Gasteiger partial charge in [0.2, 0.25) is 0 Å². The summed E-state index contributed by atoms with van der Waals surface area (Å²) in [6, 6.07) is 73.7. The Hall–Kier alpha value is -8.80. The number of rotatable bonds is 8. The predicted molar refractivity (Wildman–Crippen MR) is 267 cm³/mol. The lowest BCUT2D eigenvalue weighted by molar-refractivity contribution is 1.25. The molecule has 0 aliphatic carbocycles. The molecule has 0 N–H and O–H groups in total. The highest BCUT2D eigenvalue weighted by Crippen LogP contribution is 2.43. The summed E-state index contributed by atoms with van der Waals surface area (Å²) in [5.41, 5.74) is 20.7. The summed E-state index contributed by atoms with van der Waals surface area (Å²) in [5.74, 6) is 0. The Kier molecular flexibility index (Phi) is 9.42. The molecule has 0 aliphatic heterocycles. The molecule has 0 bridgehead atoms. The van der Waals surface area contributed by atoms with Crippen molar-refractivity contribution in [1.82, 2.24) is 24.3 Å². The van der Waals surface area contributed by atoms with Gasteiger partial charge in [0.15, 0.2) is 0 Å². The van der Waals surface area contributed by atoms with Gasteiger partial charge in [-0.25, -0.2) is 4.98 Å². The average molecular weight is 830 g/mol. The third-order valence-electron chi connectivity index (χ3n) is 12.5. The van der Waals surface area contributed by atoms with E-state index in [0.29, 0.717) is 0 Å². The second-order valence-electron chi connectivity index (χ2n) is 16.3. The first kappa shape index (κ1) is 37.9. The van der Waals surface area contributed by atoms with E-state index in [0.717, 1.165) is 117 Å². The minimum Gasteiger partial charge on any atom is -0.298 e. The van der Waals surface area contributed by atoms with Crippen LogP contribution in [-0.2, 0) is 0 Å². The molecule has 7 aromatic carbocycles. The summed E-state index contributed by atoms with van der Waals surface area (Å²) in [5, 5.41) is 2.15. The van der Waals surface area contributed by atoms with Gasteiger partial charge in [-0.1, -0.05) is 146 Å². The molecule has 0 atom stereocenters. The molecule has 12 aromatic rings. The van der Waals surface area contributed by atoms with Crippen LogP contribution in [0.3, 0.4) is 0 Å². The molecule has 0 saturated heterocycles. The van der Waals surface area contributed by atoms with Gasteiger partial charge in [0, 0.05) is 52.9 Å². The van der Waals surface area contributed by atoms with Crippen LogP contribution in [0.25, 0.3) is 117 Å². The van der Waals surface area contributed by atoms with E-state index in [1.54, 1.807) is 0 Å². The van der Waals surface area contributed by atoms with E-state index < -0.39 is 0 Å². The van der Waals surface area contributed by atoms with Crippen molar-refractivity contribution in [2.24, 2.45) is 0 Å². The molecule has 5 heteroatoms. The topological polar surface area (TPSA) is 56.0 Å². The Balaban J connectivity index is 1.04. The first-order valence-electron chi connectivity index (χ1n) is 21.8. The van der Waals surface area contributed by atoms with Crippen LogP contribution >= 0.6 is 0 Å². The van der Waals surface area contributed by atoms with E-state index in [1.807, 2.05) is 61.3 Å². The number of hydrogen-bond acceptors (Lipinski definition) is 4. The lowest BCUT2D eigenvalue weighted by Gasteiger charge is -2.18. The van der Waals surface area contributed by atoms with Crippen molar-refractivity contribution in [2.45, 2.75) is 0 Å². The SMILES string of the molecule is c1ccc(-c2ccc(-c3ccccc3-c3cc(-c4ccccc4-c4ccc(-c5ccccn5)cc4)cc(-c4ccccc4-c4ccc5c(c4)c4nccn4c4cccnc54)c3)cc2)nc1. The molecule has 65 heavy (non-hydrogen) atoms. The lowest BCUT2D eigenvalue weighted by atomic mass is 9.86. The van der Waals surface area contributed by atoms with Crippen molar-refractivity contribution in [3.05, 3.63) is 237 Å². The van der Waals surface area contributed by atoms with Gasteiger partial charge in [0.25, 0.3) is 0 Å². The fourth-order valence-corrected chi connectivity index (χ4v) is 9.36. The maximum Gasteiger partial charge on any atom is 0.145 e. The zero-order valence-electron chi connectivity index (χ0n) is 35.3. The van der Waals surface area contributed by atoms with Gasteiger partial charge in [0.1, 0.15) is 5.65 Å². The molecule has 0 spiro atoms. The molecule has 304 valence electrons. The van der Waals surface area contributed by atoms with Gasteiger partial charge in [0.05, 0.1) is 22.4 Å². The lowest BCUT2D eigenvalue weighted by Crippen LogP contribution is -1.94. The van der Waals surface area contributed by atoms with Crippen LogP contribution in [0.4, 0.5) is 0 Å². The van der Waals surface area contributed by atoms with Crippen molar-refractivity contribution in [1.29, 1.82) is 0 Å².